The Morgan fingerprint density at radius 1 is 1.10 bits per heavy atom. The van der Waals surface area contributed by atoms with Gasteiger partial charge in [-0.15, -0.1) is 0 Å². The summed E-state index contributed by atoms with van der Waals surface area (Å²) < 4.78 is 10.5. The minimum absolute atomic E-state index is 0.0569. The standard InChI is InChI=1S/C18H20O3/c1-3-20-18(19)13-21-17-10-9-14(2)11-16(17)12-15-7-5-4-6-8-15/h4-11H,3,12-13H2,1-2H3. The molecule has 0 spiro atoms. The average molecular weight is 284 g/mol. The van der Waals surface area contributed by atoms with Gasteiger partial charge >= 0.3 is 5.97 Å². The van der Waals surface area contributed by atoms with Gasteiger partial charge in [-0.2, -0.15) is 0 Å². The van der Waals surface area contributed by atoms with Crippen LogP contribution in [0.2, 0.25) is 0 Å². The van der Waals surface area contributed by atoms with E-state index in [0.29, 0.717) is 6.61 Å². The molecule has 110 valence electrons. The van der Waals surface area contributed by atoms with Crippen LogP contribution in [0, 0.1) is 6.92 Å². The molecule has 2 rings (SSSR count). The van der Waals surface area contributed by atoms with Crippen molar-refractivity contribution in [3.05, 3.63) is 65.2 Å². The molecule has 2 aromatic carbocycles. The first-order chi connectivity index (χ1) is 10.2. The van der Waals surface area contributed by atoms with Gasteiger partial charge in [0.2, 0.25) is 0 Å². The molecule has 0 fully saturated rings. The number of rotatable bonds is 6. The molecule has 0 aliphatic rings. The van der Waals surface area contributed by atoms with Crippen LogP contribution < -0.4 is 4.74 Å². The van der Waals surface area contributed by atoms with Crippen molar-refractivity contribution in [1.29, 1.82) is 0 Å². The molecule has 0 radical (unpaired) electrons. The normalized spacial score (nSPS) is 10.2. The van der Waals surface area contributed by atoms with Crippen LogP contribution >= 0.6 is 0 Å². The summed E-state index contributed by atoms with van der Waals surface area (Å²) in [5.41, 5.74) is 3.46. The predicted octanol–water partition coefficient (Wildman–Crippen LogP) is 3.53. The molecule has 0 saturated heterocycles. The lowest BCUT2D eigenvalue weighted by Gasteiger charge is -2.12. The third-order valence-corrected chi connectivity index (χ3v) is 3.10. The van der Waals surface area contributed by atoms with Crippen molar-refractivity contribution in [2.24, 2.45) is 0 Å². The third kappa shape index (κ3) is 4.63. The molecule has 0 amide bonds. The zero-order chi connectivity index (χ0) is 15.1. The van der Waals surface area contributed by atoms with E-state index in [-0.39, 0.29) is 12.6 Å². The van der Waals surface area contributed by atoms with Crippen molar-refractivity contribution in [2.75, 3.05) is 13.2 Å². The van der Waals surface area contributed by atoms with Gasteiger partial charge in [-0.3, -0.25) is 0 Å². The fourth-order valence-electron chi connectivity index (χ4n) is 2.14. The van der Waals surface area contributed by atoms with Crippen molar-refractivity contribution >= 4 is 5.97 Å². The molecule has 0 heterocycles. The third-order valence-electron chi connectivity index (χ3n) is 3.10. The maximum absolute atomic E-state index is 11.4. The molecule has 3 nitrogen and oxygen atoms in total. The van der Waals surface area contributed by atoms with Gasteiger partial charge in [-0.1, -0.05) is 48.0 Å². The van der Waals surface area contributed by atoms with Crippen LogP contribution in [0.3, 0.4) is 0 Å². The van der Waals surface area contributed by atoms with Crippen LogP contribution in [-0.4, -0.2) is 19.2 Å². The Hall–Kier alpha value is -2.29. The van der Waals surface area contributed by atoms with Crippen LogP contribution in [0.15, 0.2) is 48.5 Å². The molecule has 3 heteroatoms. The molecule has 0 atom stereocenters. The highest BCUT2D eigenvalue weighted by molar-refractivity contribution is 5.71. The van der Waals surface area contributed by atoms with Gasteiger partial charge < -0.3 is 9.47 Å². The number of carbonyl (C=O) groups is 1. The fourth-order valence-corrected chi connectivity index (χ4v) is 2.14. The summed E-state index contributed by atoms with van der Waals surface area (Å²) in [5, 5.41) is 0. The summed E-state index contributed by atoms with van der Waals surface area (Å²) >= 11 is 0. The molecule has 0 saturated carbocycles. The summed E-state index contributed by atoms with van der Waals surface area (Å²) in [7, 11) is 0. The predicted molar refractivity (Wildman–Crippen MR) is 82.6 cm³/mol. The second-order valence-corrected chi connectivity index (χ2v) is 4.87. The summed E-state index contributed by atoms with van der Waals surface area (Å²) in [6.45, 7) is 4.14. The van der Waals surface area contributed by atoms with E-state index in [4.69, 9.17) is 9.47 Å². The molecule has 21 heavy (non-hydrogen) atoms. The average Bonchev–Trinajstić information content (AvgIpc) is 2.48. The summed E-state index contributed by atoms with van der Waals surface area (Å²) in [6, 6.07) is 16.2. The number of carbonyl (C=O) groups excluding carboxylic acids is 1. The summed E-state index contributed by atoms with van der Waals surface area (Å²) in [6.07, 6.45) is 0.778. The lowest BCUT2D eigenvalue weighted by molar-refractivity contribution is -0.145. The lowest BCUT2D eigenvalue weighted by atomic mass is 10.0. The van der Waals surface area contributed by atoms with Gasteiger partial charge in [0.1, 0.15) is 5.75 Å². The monoisotopic (exact) mass is 284 g/mol. The smallest absolute Gasteiger partial charge is 0.344 e. The zero-order valence-electron chi connectivity index (χ0n) is 12.5. The van der Waals surface area contributed by atoms with Crippen molar-refractivity contribution in [3.8, 4) is 5.75 Å². The Bertz CT molecular complexity index is 591. The molecule has 0 N–H and O–H groups in total. The van der Waals surface area contributed by atoms with E-state index in [1.165, 1.54) is 11.1 Å². The van der Waals surface area contributed by atoms with Crippen molar-refractivity contribution in [1.82, 2.24) is 0 Å². The van der Waals surface area contributed by atoms with E-state index in [2.05, 4.69) is 18.2 Å². The first-order valence-corrected chi connectivity index (χ1v) is 7.11. The molecule has 0 aliphatic carbocycles. The van der Waals surface area contributed by atoms with Crippen molar-refractivity contribution < 1.29 is 14.3 Å². The second-order valence-electron chi connectivity index (χ2n) is 4.87. The molecule has 0 bridgehead atoms. The topological polar surface area (TPSA) is 35.5 Å². The highest BCUT2D eigenvalue weighted by Gasteiger charge is 2.08. The largest absolute Gasteiger partial charge is 0.482 e. The number of benzene rings is 2. The second kappa shape index (κ2) is 7.48. The summed E-state index contributed by atoms with van der Waals surface area (Å²) in [4.78, 5) is 11.4. The van der Waals surface area contributed by atoms with Crippen molar-refractivity contribution in [2.45, 2.75) is 20.3 Å². The number of ether oxygens (including phenoxy) is 2. The Balaban J connectivity index is 2.12. The number of hydrogen-bond donors (Lipinski definition) is 0. The van der Waals surface area contributed by atoms with Crippen LogP contribution in [0.1, 0.15) is 23.6 Å². The SMILES string of the molecule is CCOC(=O)COc1ccc(C)cc1Cc1ccccc1. The van der Waals surface area contributed by atoms with Gasteiger partial charge in [-0.25, -0.2) is 4.79 Å². The van der Waals surface area contributed by atoms with Gasteiger partial charge in [-0.05, 0) is 31.0 Å². The van der Waals surface area contributed by atoms with Crippen LogP contribution in [0.4, 0.5) is 0 Å². The van der Waals surface area contributed by atoms with Crippen LogP contribution in [-0.2, 0) is 16.0 Å². The Labute approximate surface area is 125 Å². The van der Waals surface area contributed by atoms with E-state index in [9.17, 15) is 4.79 Å². The van der Waals surface area contributed by atoms with E-state index in [1.807, 2.05) is 37.3 Å². The minimum atomic E-state index is -0.344. The van der Waals surface area contributed by atoms with E-state index < -0.39 is 0 Å². The molecule has 0 unspecified atom stereocenters. The number of esters is 1. The van der Waals surface area contributed by atoms with Gasteiger partial charge in [0, 0.05) is 6.42 Å². The van der Waals surface area contributed by atoms with Gasteiger partial charge in [0.15, 0.2) is 6.61 Å². The molecular formula is C18H20O3. The Kier molecular flexibility index (Phi) is 5.38. The van der Waals surface area contributed by atoms with Crippen LogP contribution in [0.5, 0.6) is 5.75 Å². The van der Waals surface area contributed by atoms with E-state index in [0.717, 1.165) is 17.7 Å². The highest BCUT2D eigenvalue weighted by atomic mass is 16.6. The lowest BCUT2D eigenvalue weighted by Crippen LogP contribution is -2.15. The molecular weight excluding hydrogens is 264 g/mol. The van der Waals surface area contributed by atoms with E-state index >= 15 is 0 Å². The molecule has 2 aromatic rings. The quantitative estimate of drug-likeness (QED) is 0.761. The minimum Gasteiger partial charge on any atom is -0.482 e. The number of hydrogen-bond acceptors (Lipinski definition) is 3. The van der Waals surface area contributed by atoms with Gasteiger partial charge in [0.25, 0.3) is 0 Å². The van der Waals surface area contributed by atoms with E-state index in [1.54, 1.807) is 6.92 Å². The van der Waals surface area contributed by atoms with Gasteiger partial charge in [0.05, 0.1) is 6.61 Å². The Morgan fingerprint density at radius 3 is 2.57 bits per heavy atom. The van der Waals surface area contributed by atoms with Crippen LogP contribution in [0.25, 0.3) is 0 Å². The summed E-state index contributed by atoms with van der Waals surface area (Å²) in [5.74, 6) is 0.390. The number of aryl methyl sites for hydroxylation is 1. The first-order valence-electron chi connectivity index (χ1n) is 7.11. The molecule has 0 aromatic heterocycles. The maximum Gasteiger partial charge on any atom is 0.344 e. The van der Waals surface area contributed by atoms with Crippen molar-refractivity contribution in [3.63, 3.8) is 0 Å². The first kappa shape index (κ1) is 15.1. The fraction of sp³-hybridized carbons (Fsp3) is 0.278. The molecule has 0 aliphatic heterocycles. The Morgan fingerprint density at radius 2 is 1.86 bits per heavy atom. The highest BCUT2D eigenvalue weighted by Crippen LogP contribution is 2.23. The zero-order valence-corrected chi connectivity index (χ0v) is 12.5. The maximum atomic E-state index is 11.4.